The van der Waals surface area contributed by atoms with Gasteiger partial charge in [-0.05, 0) is 43.3 Å². The summed E-state index contributed by atoms with van der Waals surface area (Å²) in [5.74, 6) is 0.613. The summed E-state index contributed by atoms with van der Waals surface area (Å²) in [7, 11) is 0. The second-order valence-corrected chi connectivity index (χ2v) is 8.00. The summed E-state index contributed by atoms with van der Waals surface area (Å²) >= 11 is 6.40. The van der Waals surface area contributed by atoms with Gasteiger partial charge in [0.2, 0.25) is 0 Å². The van der Waals surface area contributed by atoms with Crippen LogP contribution in [0.5, 0.6) is 11.5 Å². The molecule has 2 atom stereocenters. The molecule has 0 amide bonds. The molecule has 0 fully saturated rings. The van der Waals surface area contributed by atoms with Crippen LogP contribution in [0.25, 0.3) is 11.0 Å². The number of hydrogen-bond donors (Lipinski definition) is 1. The zero-order valence-corrected chi connectivity index (χ0v) is 17.6. The van der Waals surface area contributed by atoms with Crippen LogP contribution < -0.4 is 10.2 Å². The number of nitrogens with zero attached hydrogens (tertiary/aromatic N) is 7. The van der Waals surface area contributed by atoms with Crippen molar-refractivity contribution in [2.45, 2.75) is 19.6 Å². The molecule has 0 radical (unpaired) electrons. The Balaban J connectivity index is 1.50. The monoisotopic (exact) mass is 442 g/mol. The summed E-state index contributed by atoms with van der Waals surface area (Å²) in [5.41, 5.74) is 5.37. The van der Waals surface area contributed by atoms with Gasteiger partial charge in [-0.25, -0.2) is 4.68 Å². The van der Waals surface area contributed by atoms with E-state index in [1.807, 2.05) is 24.3 Å². The zero-order chi connectivity index (χ0) is 22.3. The van der Waals surface area contributed by atoms with Gasteiger partial charge < -0.3 is 4.74 Å². The quantitative estimate of drug-likeness (QED) is 0.658. The van der Waals surface area contributed by atoms with Gasteiger partial charge in [0.1, 0.15) is 11.9 Å². The van der Waals surface area contributed by atoms with Gasteiger partial charge in [-0.2, -0.15) is 15.6 Å². The topological polar surface area (TPSA) is 124 Å². The van der Waals surface area contributed by atoms with Crippen molar-refractivity contribution in [2.75, 3.05) is 0 Å². The summed E-state index contributed by atoms with van der Waals surface area (Å²) in [4.78, 5) is 4.44. The number of ether oxygens (including phenoxy) is 1. The number of rotatable bonds is 4. The molecule has 1 N–H and O–H groups in total. The van der Waals surface area contributed by atoms with Crippen LogP contribution in [0, 0.1) is 28.1 Å². The van der Waals surface area contributed by atoms with Crippen LogP contribution in [0.2, 0.25) is 5.02 Å². The number of allylic oxidation sites excluding steroid dienone is 1. The number of nitrogens with one attached hydrogen (secondary N) is 1. The van der Waals surface area contributed by atoms with Crippen molar-refractivity contribution >= 4 is 34.6 Å². The van der Waals surface area contributed by atoms with E-state index < -0.39 is 0 Å². The van der Waals surface area contributed by atoms with Gasteiger partial charge >= 0.3 is 0 Å². The lowest BCUT2D eigenvalue weighted by Crippen LogP contribution is -2.39. The average molecular weight is 443 g/mol. The molecule has 32 heavy (non-hydrogen) atoms. The van der Waals surface area contributed by atoms with Gasteiger partial charge in [0.15, 0.2) is 11.3 Å². The van der Waals surface area contributed by atoms with E-state index in [4.69, 9.17) is 16.3 Å². The fourth-order valence-corrected chi connectivity index (χ4v) is 3.95. The Hall–Kier alpha value is -4.21. The predicted octanol–water partition coefficient (Wildman–Crippen LogP) is 3.55. The Morgan fingerprint density at radius 3 is 2.75 bits per heavy atom. The van der Waals surface area contributed by atoms with Crippen molar-refractivity contribution in [1.29, 1.82) is 10.5 Å². The lowest BCUT2D eigenvalue weighted by atomic mass is 9.81. The predicted molar refractivity (Wildman–Crippen MR) is 119 cm³/mol. The van der Waals surface area contributed by atoms with E-state index >= 15 is 0 Å². The zero-order valence-electron chi connectivity index (χ0n) is 16.8. The lowest BCUT2D eigenvalue weighted by molar-refractivity contribution is 0.423. The summed E-state index contributed by atoms with van der Waals surface area (Å²) in [6.07, 6.45) is 5.60. The highest BCUT2D eigenvalue weighted by Crippen LogP contribution is 2.37. The molecule has 2 unspecified atom stereocenters. The molecule has 0 saturated heterocycles. The van der Waals surface area contributed by atoms with E-state index in [1.165, 1.54) is 18.2 Å². The highest BCUT2D eigenvalue weighted by atomic mass is 35.5. The van der Waals surface area contributed by atoms with E-state index in [-0.39, 0.29) is 11.6 Å². The fraction of sp³-hybridized carbons (Fsp3) is 0.182. The molecule has 2 aliphatic heterocycles. The summed E-state index contributed by atoms with van der Waals surface area (Å²) in [6.45, 7) is 2.48. The molecule has 0 saturated carbocycles. The van der Waals surface area contributed by atoms with Crippen LogP contribution in [0.4, 0.5) is 0 Å². The van der Waals surface area contributed by atoms with Crippen molar-refractivity contribution in [3.8, 4) is 23.6 Å². The third-order valence-electron chi connectivity index (χ3n) is 5.55. The first-order valence-corrected chi connectivity index (χ1v) is 10.1. The SMILES string of the molecule is CC12C=CC=NC1NN=C2Cn1nnc2c(Oc3cc(C#N)cc(C#N)c3)c(Cl)ccc21. The third kappa shape index (κ3) is 3.16. The number of dihydropyridines is 1. The van der Waals surface area contributed by atoms with Gasteiger partial charge in [0.05, 0.1) is 51.5 Å². The van der Waals surface area contributed by atoms with Gasteiger partial charge in [0.25, 0.3) is 0 Å². The number of hydrazone groups is 1. The Morgan fingerprint density at radius 2 is 2.00 bits per heavy atom. The average Bonchev–Trinajstić information content (AvgIpc) is 3.36. The minimum atomic E-state index is -0.357. The smallest absolute Gasteiger partial charge is 0.175 e. The first kappa shape index (κ1) is 19.7. The minimum Gasteiger partial charge on any atom is -0.453 e. The van der Waals surface area contributed by atoms with Crippen molar-refractivity contribution in [3.63, 3.8) is 0 Å². The second kappa shape index (κ2) is 7.49. The molecular weight excluding hydrogens is 428 g/mol. The summed E-state index contributed by atoms with van der Waals surface area (Å²) in [5, 5.41) is 31.8. The van der Waals surface area contributed by atoms with Crippen LogP contribution in [0.3, 0.4) is 0 Å². The number of aromatic nitrogens is 3. The molecule has 156 valence electrons. The Labute approximate surface area is 187 Å². The molecule has 5 rings (SSSR count). The third-order valence-corrected chi connectivity index (χ3v) is 5.85. The molecular formula is C22H15ClN8O. The first-order valence-electron chi connectivity index (χ1n) is 9.70. The van der Waals surface area contributed by atoms with Gasteiger partial charge in [-0.3, -0.25) is 10.4 Å². The van der Waals surface area contributed by atoms with Crippen LogP contribution in [0.1, 0.15) is 18.1 Å². The van der Waals surface area contributed by atoms with Gasteiger partial charge in [0, 0.05) is 6.21 Å². The van der Waals surface area contributed by atoms with Crippen LogP contribution in [-0.4, -0.2) is 33.1 Å². The maximum atomic E-state index is 9.22. The molecule has 1 aromatic heterocycles. The highest BCUT2D eigenvalue weighted by Gasteiger charge is 2.42. The van der Waals surface area contributed by atoms with E-state index in [0.29, 0.717) is 45.2 Å². The first-order chi connectivity index (χ1) is 15.5. The normalized spacial score (nSPS) is 20.9. The molecule has 3 aromatic rings. The van der Waals surface area contributed by atoms with Crippen molar-refractivity contribution < 1.29 is 4.74 Å². The molecule has 9 nitrogen and oxygen atoms in total. The van der Waals surface area contributed by atoms with E-state index in [2.05, 4.69) is 38.8 Å². The molecule has 0 aliphatic carbocycles. The number of hydrogen-bond acceptors (Lipinski definition) is 8. The molecule has 0 spiro atoms. The molecule has 3 heterocycles. The molecule has 2 aromatic carbocycles. The van der Waals surface area contributed by atoms with Crippen LogP contribution in [0.15, 0.2) is 52.6 Å². The molecule has 0 bridgehead atoms. The van der Waals surface area contributed by atoms with Crippen molar-refractivity contribution in [1.82, 2.24) is 20.4 Å². The number of aliphatic imine (C=N–C) groups is 1. The van der Waals surface area contributed by atoms with Crippen molar-refractivity contribution in [3.05, 3.63) is 58.6 Å². The highest BCUT2D eigenvalue weighted by molar-refractivity contribution is 6.33. The van der Waals surface area contributed by atoms with Gasteiger partial charge in [-0.15, -0.1) is 5.10 Å². The number of halogens is 1. The Morgan fingerprint density at radius 1 is 1.22 bits per heavy atom. The van der Waals surface area contributed by atoms with Crippen molar-refractivity contribution in [2.24, 2.45) is 15.5 Å². The largest absolute Gasteiger partial charge is 0.453 e. The van der Waals surface area contributed by atoms with Crippen LogP contribution >= 0.6 is 11.6 Å². The summed E-state index contributed by atoms with van der Waals surface area (Å²) < 4.78 is 7.70. The second-order valence-electron chi connectivity index (χ2n) is 7.59. The van der Waals surface area contributed by atoms with Crippen LogP contribution in [-0.2, 0) is 6.54 Å². The molecule has 10 heteroatoms. The van der Waals surface area contributed by atoms with E-state index in [0.717, 1.165) is 5.71 Å². The molecule has 2 aliphatic rings. The maximum absolute atomic E-state index is 9.22. The maximum Gasteiger partial charge on any atom is 0.175 e. The van der Waals surface area contributed by atoms with Gasteiger partial charge in [-0.1, -0.05) is 22.9 Å². The number of nitriles is 2. The lowest BCUT2D eigenvalue weighted by Gasteiger charge is -2.28. The Kier molecular flexibility index (Phi) is 4.62. The fourth-order valence-electron chi connectivity index (χ4n) is 3.76. The standard InChI is InChI=1S/C22H15ClN8O/c1-22-5-2-6-26-21(22)29-27-18(22)12-31-17-4-3-16(23)20(19(17)28-30-31)32-15-8-13(10-24)7-14(9-15)11-25/h2-9,21,29H,12H2,1H3. The van der Waals surface area contributed by atoms with E-state index in [9.17, 15) is 10.5 Å². The number of benzene rings is 2. The minimum absolute atomic E-state index is 0.146. The summed E-state index contributed by atoms with van der Waals surface area (Å²) in [6, 6.07) is 12.1. The Bertz CT molecular complexity index is 1390. The van der Waals surface area contributed by atoms with E-state index in [1.54, 1.807) is 17.0 Å². The number of fused-ring (bicyclic) bond motifs is 2.